The molecule has 0 bridgehead atoms. The van der Waals surface area contributed by atoms with Gasteiger partial charge in [0.1, 0.15) is 5.75 Å². The minimum absolute atomic E-state index is 0.00206. The monoisotopic (exact) mass is 397 g/mol. The van der Waals surface area contributed by atoms with Gasteiger partial charge in [0, 0.05) is 41.6 Å². The van der Waals surface area contributed by atoms with Gasteiger partial charge < -0.3 is 20.8 Å². The number of nitrogens with zero attached hydrogens (tertiary/aromatic N) is 1. The Morgan fingerprint density at radius 2 is 1.79 bits per heavy atom. The molecule has 2 aromatic carbocycles. The molecule has 1 heterocycles. The number of phenolic OH excluding ortho intramolecular Hbond substituents is 1. The largest absolute Gasteiger partial charge is 0.508 e. The highest BCUT2D eigenvalue weighted by Crippen LogP contribution is 2.24. The van der Waals surface area contributed by atoms with Crippen LogP contribution in [0.15, 0.2) is 42.5 Å². The molecule has 1 saturated heterocycles. The summed E-state index contributed by atoms with van der Waals surface area (Å²) < 4.78 is 0. The standard InChI is InChI=1S/C22H27N3O4/c1-15(27)16-2-4-18(5-3-16)24-22(29)13-25-10-8-19(9-11-25)23-21-7-6-20(28)12-17(21)14-26/h2-7,12,19,23,26,28H,8-11,13-14H2,1H3,(H,24,29). The summed E-state index contributed by atoms with van der Waals surface area (Å²) in [7, 11) is 0. The topological polar surface area (TPSA) is 102 Å². The van der Waals surface area contributed by atoms with Crippen LogP contribution in [0, 0.1) is 0 Å². The van der Waals surface area contributed by atoms with Crippen molar-refractivity contribution in [1.29, 1.82) is 0 Å². The fourth-order valence-corrected chi connectivity index (χ4v) is 3.50. The number of likely N-dealkylation sites (tertiary alicyclic amines) is 1. The number of aliphatic hydroxyl groups excluding tert-OH is 1. The second kappa shape index (κ2) is 9.54. The summed E-state index contributed by atoms with van der Waals surface area (Å²) in [6.45, 7) is 3.28. The van der Waals surface area contributed by atoms with Crippen molar-refractivity contribution >= 4 is 23.1 Å². The molecule has 0 spiro atoms. The number of Topliss-reactive ketones (excluding diaryl/α,β-unsaturated/α-hetero) is 1. The molecule has 29 heavy (non-hydrogen) atoms. The third-order valence-corrected chi connectivity index (χ3v) is 5.15. The number of piperidine rings is 1. The number of hydrogen-bond acceptors (Lipinski definition) is 6. The van der Waals surface area contributed by atoms with E-state index in [1.165, 1.54) is 6.92 Å². The Hall–Kier alpha value is -2.90. The number of nitrogens with one attached hydrogen (secondary N) is 2. The van der Waals surface area contributed by atoms with Crippen molar-refractivity contribution in [2.45, 2.75) is 32.4 Å². The van der Waals surface area contributed by atoms with Crippen molar-refractivity contribution < 1.29 is 19.8 Å². The van der Waals surface area contributed by atoms with E-state index in [2.05, 4.69) is 15.5 Å². The van der Waals surface area contributed by atoms with Crippen LogP contribution in [0.1, 0.15) is 35.7 Å². The van der Waals surface area contributed by atoms with Gasteiger partial charge >= 0.3 is 0 Å². The second-order valence-electron chi connectivity index (χ2n) is 7.38. The van der Waals surface area contributed by atoms with Crippen LogP contribution in [0.2, 0.25) is 0 Å². The van der Waals surface area contributed by atoms with E-state index >= 15 is 0 Å². The number of benzene rings is 2. The number of carbonyl (C=O) groups is 2. The highest BCUT2D eigenvalue weighted by atomic mass is 16.3. The average molecular weight is 397 g/mol. The van der Waals surface area contributed by atoms with E-state index in [4.69, 9.17) is 0 Å². The van der Waals surface area contributed by atoms with E-state index < -0.39 is 0 Å². The quantitative estimate of drug-likeness (QED) is 0.423. The molecule has 7 nitrogen and oxygen atoms in total. The van der Waals surface area contributed by atoms with Crippen molar-refractivity contribution in [3.05, 3.63) is 53.6 Å². The summed E-state index contributed by atoms with van der Waals surface area (Å²) in [6, 6.07) is 12.1. The highest BCUT2D eigenvalue weighted by molar-refractivity contribution is 5.96. The number of amides is 1. The highest BCUT2D eigenvalue weighted by Gasteiger charge is 2.21. The molecule has 0 unspecified atom stereocenters. The Kier molecular flexibility index (Phi) is 6.85. The fraction of sp³-hybridized carbons (Fsp3) is 0.364. The smallest absolute Gasteiger partial charge is 0.238 e. The molecule has 0 radical (unpaired) electrons. The number of hydrogen-bond donors (Lipinski definition) is 4. The van der Waals surface area contributed by atoms with Crippen LogP contribution in [0.25, 0.3) is 0 Å². The zero-order valence-corrected chi connectivity index (χ0v) is 16.5. The lowest BCUT2D eigenvalue weighted by atomic mass is 10.0. The number of phenols is 1. The summed E-state index contributed by atoms with van der Waals surface area (Å²) in [5.74, 6) is 0.0576. The zero-order chi connectivity index (χ0) is 20.8. The van der Waals surface area contributed by atoms with E-state index in [1.807, 2.05) is 0 Å². The molecule has 2 aromatic rings. The molecule has 7 heteroatoms. The third kappa shape index (κ3) is 5.79. The number of ketones is 1. The molecule has 154 valence electrons. The van der Waals surface area contributed by atoms with Crippen LogP contribution in [0.3, 0.4) is 0 Å². The van der Waals surface area contributed by atoms with E-state index in [0.717, 1.165) is 31.6 Å². The number of anilines is 2. The Bertz CT molecular complexity index is 859. The maximum Gasteiger partial charge on any atom is 0.238 e. The van der Waals surface area contributed by atoms with E-state index in [0.29, 0.717) is 23.4 Å². The van der Waals surface area contributed by atoms with Crippen molar-refractivity contribution in [2.75, 3.05) is 30.3 Å². The van der Waals surface area contributed by atoms with Gasteiger partial charge in [-0.2, -0.15) is 0 Å². The normalized spacial score (nSPS) is 15.1. The van der Waals surface area contributed by atoms with Crippen LogP contribution >= 0.6 is 0 Å². The van der Waals surface area contributed by atoms with Gasteiger partial charge in [-0.25, -0.2) is 0 Å². The predicted octanol–water partition coefficient (Wildman–Crippen LogP) is 2.60. The van der Waals surface area contributed by atoms with Crippen LogP contribution in [0.4, 0.5) is 11.4 Å². The molecule has 4 N–H and O–H groups in total. The van der Waals surface area contributed by atoms with Crippen LogP contribution in [-0.2, 0) is 11.4 Å². The minimum Gasteiger partial charge on any atom is -0.508 e. The van der Waals surface area contributed by atoms with Gasteiger partial charge in [0.25, 0.3) is 0 Å². The summed E-state index contributed by atoms with van der Waals surface area (Å²) in [5.41, 5.74) is 2.80. The van der Waals surface area contributed by atoms with Crippen molar-refractivity contribution in [3.63, 3.8) is 0 Å². The number of aliphatic hydroxyl groups is 1. The first-order chi connectivity index (χ1) is 13.9. The van der Waals surface area contributed by atoms with Crippen LogP contribution < -0.4 is 10.6 Å². The lowest BCUT2D eigenvalue weighted by Gasteiger charge is -2.32. The fourth-order valence-electron chi connectivity index (χ4n) is 3.50. The van der Waals surface area contributed by atoms with Gasteiger partial charge in [-0.3, -0.25) is 14.5 Å². The Morgan fingerprint density at radius 1 is 1.10 bits per heavy atom. The lowest BCUT2D eigenvalue weighted by Crippen LogP contribution is -2.42. The summed E-state index contributed by atoms with van der Waals surface area (Å²) in [5, 5.41) is 25.3. The SMILES string of the molecule is CC(=O)c1ccc(NC(=O)CN2CCC(Nc3ccc(O)cc3CO)CC2)cc1. The molecule has 1 aliphatic heterocycles. The third-order valence-electron chi connectivity index (χ3n) is 5.15. The summed E-state index contributed by atoms with van der Waals surface area (Å²) in [6.07, 6.45) is 1.76. The minimum atomic E-state index is -0.136. The van der Waals surface area contributed by atoms with E-state index in [1.54, 1.807) is 42.5 Å². The van der Waals surface area contributed by atoms with E-state index in [-0.39, 0.29) is 30.1 Å². The van der Waals surface area contributed by atoms with Crippen molar-refractivity contribution in [2.24, 2.45) is 0 Å². The lowest BCUT2D eigenvalue weighted by molar-refractivity contribution is -0.117. The molecular weight excluding hydrogens is 370 g/mol. The van der Waals surface area contributed by atoms with Gasteiger partial charge in [-0.15, -0.1) is 0 Å². The average Bonchev–Trinajstić information content (AvgIpc) is 2.71. The molecule has 0 aliphatic carbocycles. The first kappa shape index (κ1) is 20.8. The molecule has 0 saturated carbocycles. The molecule has 1 aliphatic rings. The van der Waals surface area contributed by atoms with Gasteiger partial charge in [0.05, 0.1) is 13.2 Å². The molecule has 1 fully saturated rings. The maximum absolute atomic E-state index is 12.3. The Balaban J connectivity index is 1.46. The molecule has 0 atom stereocenters. The second-order valence-corrected chi connectivity index (χ2v) is 7.38. The van der Waals surface area contributed by atoms with Gasteiger partial charge in [-0.1, -0.05) is 0 Å². The first-order valence-corrected chi connectivity index (χ1v) is 9.77. The molecule has 0 aromatic heterocycles. The zero-order valence-electron chi connectivity index (χ0n) is 16.5. The molecule has 1 amide bonds. The summed E-state index contributed by atoms with van der Waals surface area (Å²) in [4.78, 5) is 25.7. The first-order valence-electron chi connectivity index (χ1n) is 9.77. The molecular formula is C22H27N3O4. The predicted molar refractivity (Wildman–Crippen MR) is 112 cm³/mol. The Morgan fingerprint density at radius 3 is 2.41 bits per heavy atom. The number of rotatable bonds is 7. The van der Waals surface area contributed by atoms with Gasteiger partial charge in [0.2, 0.25) is 5.91 Å². The Labute approximate surface area is 170 Å². The number of carbonyl (C=O) groups excluding carboxylic acids is 2. The van der Waals surface area contributed by atoms with E-state index in [9.17, 15) is 19.8 Å². The summed E-state index contributed by atoms with van der Waals surface area (Å²) >= 11 is 0. The molecule has 3 rings (SSSR count). The van der Waals surface area contributed by atoms with Crippen molar-refractivity contribution in [1.82, 2.24) is 4.90 Å². The van der Waals surface area contributed by atoms with Crippen LogP contribution in [0.5, 0.6) is 5.75 Å². The number of aromatic hydroxyl groups is 1. The van der Waals surface area contributed by atoms with Crippen molar-refractivity contribution in [3.8, 4) is 5.75 Å². The van der Waals surface area contributed by atoms with Gasteiger partial charge in [0.15, 0.2) is 5.78 Å². The van der Waals surface area contributed by atoms with Gasteiger partial charge in [-0.05, 0) is 62.2 Å². The van der Waals surface area contributed by atoms with Crippen LogP contribution in [-0.4, -0.2) is 52.5 Å². The maximum atomic E-state index is 12.3.